The summed E-state index contributed by atoms with van der Waals surface area (Å²) in [4.78, 5) is 0. The highest BCUT2D eigenvalue weighted by Crippen LogP contribution is 2.10. The van der Waals surface area contributed by atoms with Crippen molar-refractivity contribution in [3.8, 4) is 6.07 Å². The molecule has 0 unspecified atom stereocenters. The van der Waals surface area contributed by atoms with Gasteiger partial charge in [-0.3, -0.25) is 0 Å². The maximum atomic E-state index is 8.73. The van der Waals surface area contributed by atoms with Crippen molar-refractivity contribution < 1.29 is 0 Å². The average Bonchev–Trinajstić information content (AvgIpc) is 2.71. The van der Waals surface area contributed by atoms with Gasteiger partial charge in [0, 0.05) is 0 Å². The van der Waals surface area contributed by atoms with Gasteiger partial charge < -0.3 is 0 Å². The maximum absolute atomic E-state index is 8.73. The minimum absolute atomic E-state index is 0.570. The Bertz CT molecular complexity index is 463. The molecule has 3 nitrogen and oxygen atoms in total. The summed E-state index contributed by atoms with van der Waals surface area (Å²) in [6, 6.07) is 7.68. The summed E-state index contributed by atoms with van der Waals surface area (Å²) in [5.41, 5.74) is 2.70. The predicted molar refractivity (Wildman–Crippen MR) is 56.0 cm³/mol. The molecule has 0 aliphatic heterocycles. The van der Waals surface area contributed by atoms with Crippen molar-refractivity contribution in [1.29, 1.82) is 5.26 Å². The number of hydrogen-bond acceptors (Lipinski definition) is 2. The zero-order valence-corrected chi connectivity index (χ0v) is 8.65. The van der Waals surface area contributed by atoms with Crippen molar-refractivity contribution in [3.05, 3.63) is 35.7 Å². The van der Waals surface area contributed by atoms with Crippen LogP contribution in [-0.4, -0.2) is 9.61 Å². The fourth-order valence-corrected chi connectivity index (χ4v) is 1.24. The third-order valence-corrected chi connectivity index (χ3v) is 1.88. The smallest absolute Gasteiger partial charge is 0.142 e. The number of nitrogens with zero attached hydrogens (tertiary/aromatic N) is 3. The van der Waals surface area contributed by atoms with Crippen molar-refractivity contribution in [1.82, 2.24) is 9.61 Å². The Hall–Kier alpha value is -1.82. The van der Waals surface area contributed by atoms with Gasteiger partial charge in [0.1, 0.15) is 11.8 Å². The molecule has 0 saturated carbocycles. The molecule has 0 saturated heterocycles. The van der Waals surface area contributed by atoms with E-state index in [0.717, 1.165) is 11.1 Å². The van der Waals surface area contributed by atoms with Crippen molar-refractivity contribution >= 4 is 5.52 Å². The lowest BCUT2D eigenvalue weighted by atomic mass is 10.2. The number of nitriles is 1. The zero-order valence-electron chi connectivity index (χ0n) is 8.65. The summed E-state index contributed by atoms with van der Waals surface area (Å²) >= 11 is 0. The van der Waals surface area contributed by atoms with Crippen molar-refractivity contribution in [3.63, 3.8) is 0 Å². The number of pyridine rings is 1. The molecule has 0 amide bonds. The molecule has 72 valence electrons. The molecular formula is C11H13N3. The Morgan fingerprint density at radius 3 is 2.64 bits per heavy atom. The van der Waals surface area contributed by atoms with Gasteiger partial charge in [-0.05, 0) is 24.6 Å². The van der Waals surface area contributed by atoms with Crippen LogP contribution in [-0.2, 0) is 0 Å². The highest BCUT2D eigenvalue weighted by Gasteiger charge is 2.01. The summed E-state index contributed by atoms with van der Waals surface area (Å²) in [5.74, 6) is 0. The second-order valence-electron chi connectivity index (χ2n) is 2.64. The SMILES string of the molecule is CC.Cc1ccc(C#N)n2nccc12. The minimum Gasteiger partial charge on any atom is -0.223 e. The van der Waals surface area contributed by atoms with Gasteiger partial charge in [-0.25, -0.2) is 4.52 Å². The molecule has 3 heteroatoms. The van der Waals surface area contributed by atoms with Gasteiger partial charge in [-0.2, -0.15) is 10.4 Å². The monoisotopic (exact) mass is 187 g/mol. The minimum atomic E-state index is 0.570. The third kappa shape index (κ3) is 1.60. The van der Waals surface area contributed by atoms with Crippen LogP contribution >= 0.6 is 0 Å². The fourth-order valence-electron chi connectivity index (χ4n) is 1.24. The van der Waals surface area contributed by atoms with Gasteiger partial charge in [0.15, 0.2) is 0 Å². The largest absolute Gasteiger partial charge is 0.223 e. The van der Waals surface area contributed by atoms with Crippen molar-refractivity contribution in [2.75, 3.05) is 0 Å². The molecule has 2 aromatic rings. The number of fused-ring (bicyclic) bond motifs is 1. The lowest BCUT2D eigenvalue weighted by Crippen LogP contribution is -1.94. The molecular weight excluding hydrogens is 174 g/mol. The fraction of sp³-hybridized carbons (Fsp3) is 0.273. The molecule has 0 atom stereocenters. The van der Waals surface area contributed by atoms with Gasteiger partial charge in [0.2, 0.25) is 0 Å². The number of aryl methyl sites for hydroxylation is 1. The average molecular weight is 187 g/mol. The van der Waals surface area contributed by atoms with E-state index in [-0.39, 0.29) is 0 Å². The molecule has 0 aliphatic carbocycles. The topological polar surface area (TPSA) is 41.1 Å². The Kier molecular flexibility index (Phi) is 3.24. The second-order valence-corrected chi connectivity index (χ2v) is 2.64. The van der Waals surface area contributed by atoms with E-state index in [4.69, 9.17) is 5.26 Å². The van der Waals surface area contributed by atoms with E-state index < -0.39 is 0 Å². The van der Waals surface area contributed by atoms with Crippen LogP contribution < -0.4 is 0 Å². The molecule has 0 N–H and O–H groups in total. The standard InChI is InChI=1S/C9H7N3.C2H6/c1-7-2-3-8(6-10)12-9(7)4-5-11-12;1-2/h2-5H,1H3;1-2H3. The molecule has 2 aromatic heterocycles. The van der Waals surface area contributed by atoms with Crippen LogP contribution in [0.25, 0.3) is 5.52 Å². The van der Waals surface area contributed by atoms with Crippen LogP contribution in [0.2, 0.25) is 0 Å². The van der Waals surface area contributed by atoms with E-state index in [1.54, 1.807) is 16.8 Å². The summed E-state index contributed by atoms with van der Waals surface area (Å²) in [7, 11) is 0. The van der Waals surface area contributed by atoms with Crippen LogP contribution in [0.3, 0.4) is 0 Å². The molecule has 0 aromatic carbocycles. The first kappa shape index (κ1) is 10.3. The highest BCUT2D eigenvalue weighted by molar-refractivity contribution is 5.55. The lowest BCUT2D eigenvalue weighted by molar-refractivity contribution is 0.936. The maximum Gasteiger partial charge on any atom is 0.142 e. The molecule has 2 rings (SSSR count). The molecule has 2 heterocycles. The van der Waals surface area contributed by atoms with Crippen LogP contribution in [0.4, 0.5) is 0 Å². The number of hydrogen-bond donors (Lipinski definition) is 0. The molecule has 0 radical (unpaired) electrons. The second kappa shape index (κ2) is 4.43. The Balaban J connectivity index is 0.000000461. The first-order chi connectivity index (χ1) is 6.83. The van der Waals surface area contributed by atoms with Gasteiger partial charge in [0.05, 0.1) is 11.7 Å². The first-order valence-electron chi connectivity index (χ1n) is 4.66. The van der Waals surface area contributed by atoms with E-state index in [1.165, 1.54) is 0 Å². The van der Waals surface area contributed by atoms with Crippen molar-refractivity contribution in [2.45, 2.75) is 20.8 Å². The van der Waals surface area contributed by atoms with Crippen LogP contribution in [0.5, 0.6) is 0 Å². The first-order valence-corrected chi connectivity index (χ1v) is 4.66. The zero-order chi connectivity index (χ0) is 10.6. The predicted octanol–water partition coefficient (Wildman–Crippen LogP) is 2.54. The highest BCUT2D eigenvalue weighted by atomic mass is 15.2. The van der Waals surface area contributed by atoms with Crippen LogP contribution in [0, 0.1) is 18.3 Å². The quantitative estimate of drug-likeness (QED) is 0.636. The van der Waals surface area contributed by atoms with E-state index in [1.807, 2.05) is 32.9 Å². The molecule has 0 aliphatic rings. The summed E-state index contributed by atoms with van der Waals surface area (Å²) in [6.45, 7) is 6.00. The summed E-state index contributed by atoms with van der Waals surface area (Å²) in [6.07, 6.45) is 1.70. The Labute approximate surface area is 83.6 Å². The van der Waals surface area contributed by atoms with Gasteiger partial charge in [-0.1, -0.05) is 19.9 Å². The lowest BCUT2D eigenvalue weighted by Gasteiger charge is -1.98. The van der Waals surface area contributed by atoms with E-state index in [0.29, 0.717) is 5.69 Å². The number of aromatic nitrogens is 2. The van der Waals surface area contributed by atoms with Gasteiger partial charge in [0.25, 0.3) is 0 Å². The molecule has 0 spiro atoms. The van der Waals surface area contributed by atoms with E-state index in [9.17, 15) is 0 Å². The van der Waals surface area contributed by atoms with Gasteiger partial charge in [-0.15, -0.1) is 0 Å². The van der Waals surface area contributed by atoms with E-state index >= 15 is 0 Å². The van der Waals surface area contributed by atoms with E-state index in [2.05, 4.69) is 11.2 Å². The molecule has 14 heavy (non-hydrogen) atoms. The normalized spacial score (nSPS) is 9.00. The third-order valence-electron chi connectivity index (χ3n) is 1.88. The molecule has 0 bridgehead atoms. The van der Waals surface area contributed by atoms with Gasteiger partial charge >= 0.3 is 0 Å². The molecule has 0 fully saturated rings. The van der Waals surface area contributed by atoms with Crippen LogP contribution in [0.15, 0.2) is 24.4 Å². The Morgan fingerprint density at radius 2 is 2.00 bits per heavy atom. The van der Waals surface area contributed by atoms with Crippen molar-refractivity contribution in [2.24, 2.45) is 0 Å². The van der Waals surface area contributed by atoms with Crippen LogP contribution in [0.1, 0.15) is 25.1 Å². The summed E-state index contributed by atoms with van der Waals surface area (Å²) < 4.78 is 1.65. The number of rotatable bonds is 0. The summed E-state index contributed by atoms with van der Waals surface area (Å²) in [5, 5.41) is 12.8. The Morgan fingerprint density at radius 1 is 1.29 bits per heavy atom.